The highest BCUT2D eigenvalue weighted by Crippen LogP contribution is 2.30. The molecule has 0 spiro atoms. The van der Waals surface area contributed by atoms with E-state index in [2.05, 4.69) is 10.2 Å². The number of sulfonamides is 1. The van der Waals surface area contributed by atoms with E-state index >= 15 is 0 Å². The van der Waals surface area contributed by atoms with Crippen LogP contribution in [0.4, 0.5) is 8.78 Å². The summed E-state index contributed by atoms with van der Waals surface area (Å²) in [6.45, 7) is 0.620. The Morgan fingerprint density at radius 2 is 1.95 bits per heavy atom. The summed E-state index contributed by atoms with van der Waals surface area (Å²) in [7, 11) is -3.91. The summed E-state index contributed by atoms with van der Waals surface area (Å²) in [5.41, 5.74) is 0.935. The lowest BCUT2D eigenvalue weighted by Crippen LogP contribution is -2.39. The smallest absolute Gasteiger partial charge is 0.243 e. The molecular weight excluding hydrogens is 312 g/mol. The number of aromatic amines is 1. The fourth-order valence-electron chi connectivity index (χ4n) is 2.74. The lowest BCUT2D eigenvalue weighted by Gasteiger charge is -2.31. The molecule has 2 aromatic rings. The number of H-pyrrole nitrogens is 1. The van der Waals surface area contributed by atoms with Gasteiger partial charge in [-0.2, -0.15) is 9.40 Å². The van der Waals surface area contributed by atoms with Gasteiger partial charge < -0.3 is 0 Å². The second-order valence-corrected chi connectivity index (χ2v) is 7.28. The molecule has 0 bridgehead atoms. The van der Waals surface area contributed by atoms with Gasteiger partial charge in [-0.05, 0) is 30.5 Å². The van der Waals surface area contributed by atoms with E-state index in [1.165, 1.54) is 4.31 Å². The van der Waals surface area contributed by atoms with Crippen LogP contribution in [0.1, 0.15) is 24.3 Å². The minimum atomic E-state index is -3.91. The maximum atomic E-state index is 13.3. The average Bonchev–Trinajstić information content (AvgIpc) is 3.00. The molecule has 1 aromatic carbocycles. The summed E-state index contributed by atoms with van der Waals surface area (Å²) in [6.07, 6.45) is 4.95. The van der Waals surface area contributed by atoms with Crippen molar-refractivity contribution < 1.29 is 17.2 Å². The van der Waals surface area contributed by atoms with Crippen LogP contribution < -0.4 is 0 Å². The first-order chi connectivity index (χ1) is 10.5. The van der Waals surface area contributed by atoms with Crippen molar-refractivity contribution in [3.05, 3.63) is 47.8 Å². The van der Waals surface area contributed by atoms with Gasteiger partial charge in [-0.1, -0.05) is 0 Å². The minimum Gasteiger partial charge on any atom is -0.285 e. The van der Waals surface area contributed by atoms with Crippen LogP contribution in [-0.2, 0) is 10.0 Å². The monoisotopic (exact) mass is 327 g/mol. The van der Waals surface area contributed by atoms with Gasteiger partial charge in [-0.3, -0.25) is 5.10 Å². The highest BCUT2D eigenvalue weighted by molar-refractivity contribution is 7.89. The molecule has 1 N–H and O–H groups in total. The van der Waals surface area contributed by atoms with Crippen LogP contribution in [-0.4, -0.2) is 36.0 Å². The molecule has 0 radical (unpaired) electrons. The summed E-state index contributed by atoms with van der Waals surface area (Å²) < 4.78 is 53.0. The van der Waals surface area contributed by atoms with Gasteiger partial charge in [-0.15, -0.1) is 0 Å². The van der Waals surface area contributed by atoms with Crippen LogP contribution in [0.3, 0.4) is 0 Å². The van der Waals surface area contributed by atoms with Crippen LogP contribution in [0, 0.1) is 11.6 Å². The molecule has 0 aliphatic carbocycles. The fourth-order valence-corrected chi connectivity index (χ4v) is 4.31. The molecule has 5 nitrogen and oxygen atoms in total. The molecule has 3 rings (SSSR count). The highest BCUT2D eigenvalue weighted by Gasteiger charge is 2.31. The third-order valence-electron chi connectivity index (χ3n) is 3.85. The summed E-state index contributed by atoms with van der Waals surface area (Å²) in [6, 6.07) is 2.35. The number of piperidine rings is 1. The van der Waals surface area contributed by atoms with Crippen molar-refractivity contribution in [2.24, 2.45) is 0 Å². The standard InChI is InChI=1S/C14H15F2N3O2S/c15-12-4-13(16)6-14(5-12)22(20,21)19-3-1-2-10(9-19)11-7-17-18-8-11/h4-8,10H,1-3,9H2,(H,17,18). The third kappa shape index (κ3) is 2.89. The number of hydrogen-bond acceptors (Lipinski definition) is 3. The highest BCUT2D eigenvalue weighted by atomic mass is 32.2. The van der Waals surface area contributed by atoms with Gasteiger partial charge in [-0.25, -0.2) is 17.2 Å². The van der Waals surface area contributed by atoms with Crippen molar-refractivity contribution in [2.45, 2.75) is 23.7 Å². The predicted molar refractivity (Wildman–Crippen MR) is 75.7 cm³/mol. The van der Waals surface area contributed by atoms with Gasteiger partial charge in [0.05, 0.1) is 11.1 Å². The van der Waals surface area contributed by atoms with E-state index in [-0.39, 0.29) is 17.4 Å². The van der Waals surface area contributed by atoms with Crippen LogP contribution in [0.15, 0.2) is 35.5 Å². The zero-order chi connectivity index (χ0) is 15.7. The number of rotatable bonds is 3. The van der Waals surface area contributed by atoms with Gasteiger partial charge >= 0.3 is 0 Å². The van der Waals surface area contributed by atoms with Gasteiger partial charge in [0.25, 0.3) is 0 Å². The molecule has 1 aliphatic heterocycles. The number of halogens is 2. The first-order valence-corrected chi connectivity index (χ1v) is 8.36. The van der Waals surface area contributed by atoms with Crippen molar-refractivity contribution >= 4 is 10.0 Å². The first kappa shape index (κ1) is 15.1. The van der Waals surface area contributed by atoms with Crippen LogP contribution in [0.5, 0.6) is 0 Å². The second-order valence-electron chi connectivity index (χ2n) is 5.34. The van der Waals surface area contributed by atoms with E-state index in [9.17, 15) is 17.2 Å². The largest absolute Gasteiger partial charge is 0.285 e. The second kappa shape index (κ2) is 5.77. The molecule has 0 amide bonds. The van der Waals surface area contributed by atoms with E-state index in [0.717, 1.165) is 24.1 Å². The Hall–Kier alpha value is -1.80. The zero-order valence-electron chi connectivity index (χ0n) is 11.7. The molecule has 1 aliphatic rings. The first-order valence-electron chi connectivity index (χ1n) is 6.92. The predicted octanol–water partition coefficient (Wildman–Crippen LogP) is 2.26. The van der Waals surface area contributed by atoms with Crippen LogP contribution >= 0.6 is 0 Å². The van der Waals surface area contributed by atoms with Crippen LogP contribution in [0.25, 0.3) is 0 Å². The van der Waals surface area contributed by atoms with Gasteiger partial charge in [0.2, 0.25) is 10.0 Å². The number of benzene rings is 1. The summed E-state index contributed by atoms with van der Waals surface area (Å²) in [5, 5.41) is 6.58. The van der Waals surface area contributed by atoms with Gasteiger partial charge in [0.15, 0.2) is 0 Å². The van der Waals surface area contributed by atoms with Crippen molar-refractivity contribution in [1.82, 2.24) is 14.5 Å². The van der Waals surface area contributed by atoms with Gasteiger partial charge in [0.1, 0.15) is 11.6 Å². The summed E-state index contributed by atoms with van der Waals surface area (Å²) in [5.74, 6) is -1.77. The number of hydrogen-bond donors (Lipinski definition) is 1. The normalized spacial score (nSPS) is 20.2. The lowest BCUT2D eigenvalue weighted by molar-refractivity contribution is 0.315. The molecular formula is C14H15F2N3O2S. The Morgan fingerprint density at radius 3 is 2.59 bits per heavy atom. The average molecular weight is 327 g/mol. The fraction of sp³-hybridized carbons (Fsp3) is 0.357. The molecule has 0 saturated carbocycles. The lowest BCUT2D eigenvalue weighted by atomic mass is 9.94. The molecule has 8 heteroatoms. The molecule has 1 saturated heterocycles. The molecule has 22 heavy (non-hydrogen) atoms. The molecule has 1 atom stereocenters. The van der Waals surface area contributed by atoms with Crippen molar-refractivity contribution in [3.8, 4) is 0 Å². The zero-order valence-corrected chi connectivity index (χ0v) is 12.5. The number of nitrogens with one attached hydrogen (secondary N) is 1. The van der Waals surface area contributed by atoms with E-state index < -0.39 is 21.7 Å². The topological polar surface area (TPSA) is 66.1 Å². The Kier molecular flexibility index (Phi) is 3.96. The molecule has 1 unspecified atom stereocenters. The van der Waals surface area contributed by atoms with Crippen molar-refractivity contribution in [2.75, 3.05) is 13.1 Å². The third-order valence-corrected chi connectivity index (χ3v) is 5.69. The van der Waals surface area contributed by atoms with E-state index in [4.69, 9.17) is 0 Å². The molecule has 1 fully saturated rings. The van der Waals surface area contributed by atoms with E-state index in [1.54, 1.807) is 12.4 Å². The SMILES string of the molecule is O=S(=O)(c1cc(F)cc(F)c1)N1CCCC(c2cn[nH]c2)C1. The molecule has 2 heterocycles. The summed E-state index contributed by atoms with van der Waals surface area (Å²) in [4.78, 5) is -0.349. The van der Waals surface area contributed by atoms with Crippen LogP contribution in [0.2, 0.25) is 0 Å². The summed E-state index contributed by atoms with van der Waals surface area (Å²) >= 11 is 0. The van der Waals surface area contributed by atoms with Gasteiger partial charge in [0, 0.05) is 31.3 Å². The van der Waals surface area contributed by atoms with E-state index in [0.29, 0.717) is 19.0 Å². The number of aromatic nitrogens is 2. The van der Waals surface area contributed by atoms with Crippen molar-refractivity contribution in [3.63, 3.8) is 0 Å². The van der Waals surface area contributed by atoms with Crippen molar-refractivity contribution in [1.29, 1.82) is 0 Å². The number of nitrogens with zero attached hydrogens (tertiary/aromatic N) is 2. The Morgan fingerprint density at radius 1 is 1.23 bits per heavy atom. The molecule has 118 valence electrons. The molecule has 1 aromatic heterocycles. The van der Waals surface area contributed by atoms with E-state index in [1.807, 2.05) is 0 Å². The maximum Gasteiger partial charge on any atom is 0.243 e. The Bertz CT molecular complexity index is 742. The Balaban J connectivity index is 1.88. The quantitative estimate of drug-likeness (QED) is 0.940. The Labute approximate surface area is 127 Å². The minimum absolute atomic E-state index is 0.0284. The maximum absolute atomic E-state index is 13.3.